The van der Waals surface area contributed by atoms with Crippen molar-refractivity contribution in [1.29, 1.82) is 0 Å². The second-order valence-electron chi connectivity index (χ2n) is 7.09. The van der Waals surface area contributed by atoms with Gasteiger partial charge in [0, 0.05) is 37.1 Å². The van der Waals surface area contributed by atoms with Crippen molar-refractivity contribution in [1.82, 2.24) is 14.2 Å². The molecule has 0 radical (unpaired) electrons. The van der Waals surface area contributed by atoms with Gasteiger partial charge in [0.2, 0.25) is 10.0 Å². The van der Waals surface area contributed by atoms with E-state index in [1.807, 2.05) is 30.3 Å². The van der Waals surface area contributed by atoms with Crippen molar-refractivity contribution in [2.75, 3.05) is 26.2 Å². The van der Waals surface area contributed by atoms with Gasteiger partial charge in [0.1, 0.15) is 10.7 Å². The molecule has 6 nitrogen and oxygen atoms in total. The zero-order valence-electron chi connectivity index (χ0n) is 16.6. The minimum atomic E-state index is -4.79. The Balaban J connectivity index is 1.47. The second-order valence-corrected chi connectivity index (χ2v) is 9.86. The highest BCUT2D eigenvalue weighted by molar-refractivity contribution is 7.89. The van der Waals surface area contributed by atoms with Gasteiger partial charge in [0.15, 0.2) is 0 Å². The highest BCUT2D eigenvalue weighted by Gasteiger charge is 2.39. The summed E-state index contributed by atoms with van der Waals surface area (Å²) in [5.41, 5.74) is -0.0576. The fourth-order valence-corrected chi connectivity index (χ4v) is 5.88. The Morgan fingerprint density at radius 2 is 1.56 bits per heavy atom. The molecule has 0 N–H and O–H groups in total. The van der Waals surface area contributed by atoms with Crippen LogP contribution in [0, 0.1) is 0 Å². The Hall–Kier alpha value is -2.76. The van der Waals surface area contributed by atoms with Crippen molar-refractivity contribution >= 4 is 27.3 Å². The molecule has 32 heavy (non-hydrogen) atoms. The van der Waals surface area contributed by atoms with Crippen LogP contribution < -0.4 is 0 Å². The standard InChI is InChI=1S/C21H18F3N3O3S2/c22-21(23,24)16-8-4-5-9-18(16)32(29,30)27-12-10-26(11-13-27)20(28)17-14-31-19(25-17)15-6-2-1-3-7-15/h1-9,14H,10-13H2. The third-order valence-corrected chi connectivity index (χ3v) is 7.93. The Morgan fingerprint density at radius 1 is 0.938 bits per heavy atom. The molecular formula is C21H18F3N3O3S2. The zero-order chi connectivity index (χ0) is 22.9. The van der Waals surface area contributed by atoms with Crippen LogP contribution in [0.3, 0.4) is 0 Å². The lowest BCUT2D eigenvalue weighted by atomic mass is 10.2. The number of thiazole rings is 1. The van der Waals surface area contributed by atoms with Gasteiger partial charge >= 0.3 is 6.18 Å². The summed E-state index contributed by atoms with van der Waals surface area (Å²) in [6.45, 7) is -0.0826. The third kappa shape index (κ3) is 4.41. The highest BCUT2D eigenvalue weighted by Crippen LogP contribution is 2.35. The van der Waals surface area contributed by atoms with Gasteiger partial charge in [0.25, 0.3) is 5.91 Å². The van der Waals surface area contributed by atoms with Gasteiger partial charge in [0.05, 0.1) is 10.5 Å². The second kappa shape index (κ2) is 8.64. The molecule has 168 valence electrons. The van der Waals surface area contributed by atoms with Crippen LogP contribution in [-0.4, -0.2) is 54.7 Å². The summed E-state index contributed by atoms with van der Waals surface area (Å²) in [5, 5.41) is 2.34. The first-order chi connectivity index (χ1) is 15.2. The van der Waals surface area contributed by atoms with Crippen LogP contribution in [0.1, 0.15) is 16.1 Å². The molecule has 11 heteroatoms. The summed E-state index contributed by atoms with van der Waals surface area (Å²) >= 11 is 1.33. The number of piperazine rings is 1. The van der Waals surface area contributed by atoms with E-state index in [4.69, 9.17) is 0 Å². The average molecular weight is 482 g/mol. The molecule has 2 heterocycles. The van der Waals surface area contributed by atoms with Crippen LogP contribution in [0.4, 0.5) is 13.2 Å². The van der Waals surface area contributed by atoms with Crippen molar-refractivity contribution in [3.05, 3.63) is 71.2 Å². The number of halogens is 3. The number of amides is 1. The number of hydrogen-bond donors (Lipinski definition) is 0. The molecule has 3 aromatic rings. The summed E-state index contributed by atoms with van der Waals surface area (Å²) in [4.78, 5) is 17.9. The smallest absolute Gasteiger partial charge is 0.335 e. The average Bonchev–Trinajstić information content (AvgIpc) is 3.29. The molecule has 1 aliphatic heterocycles. The van der Waals surface area contributed by atoms with Gasteiger partial charge in [-0.25, -0.2) is 13.4 Å². The number of carbonyl (C=O) groups excluding carboxylic acids is 1. The van der Waals surface area contributed by atoms with E-state index in [0.717, 1.165) is 28.1 Å². The van der Waals surface area contributed by atoms with Crippen LogP contribution >= 0.6 is 11.3 Å². The van der Waals surface area contributed by atoms with Gasteiger partial charge < -0.3 is 4.90 Å². The van der Waals surface area contributed by atoms with E-state index in [-0.39, 0.29) is 37.8 Å². The Bertz CT molecular complexity index is 1220. The summed E-state index contributed by atoms with van der Waals surface area (Å²) in [5.74, 6) is -0.337. The topological polar surface area (TPSA) is 70.6 Å². The first-order valence-electron chi connectivity index (χ1n) is 9.64. The Labute approximate surface area is 187 Å². The normalized spacial score (nSPS) is 15.7. The first kappa shape index (κ1) is 22.4. The molecule has 1 saturated heterocycles. The van der Waals surface area contributed by atoms with Gasteiger partial charge in [-0.2, -0.15) is 17.5 Å². The van der Waals surface area contributed by atoms with Crippen LogP contribution in [-0.2, 0) is 16.2 Å². The lowest BCUT2D eigenvalue weighted by Gasteiger charge is -2.34. The summed E-state index contributed by atoms with van der Waals surface area (Å²) in [6, 6.07) is 13.5. The monoisotopic (exact) mass is 481 g/mol. The molecule has 4 rings (SSSR count). The van der Waals surface area contributed by atoms with E-state index >= 15 is 0 Å². The molecule has 1 fully saturated rings. The van der Waals surface area contributed by atoms with E-state index in [9.17, 15) is 26.4 Å². The summed E-state index contributed by atoms with van der Waals surface area (Å²) in [7, 11) is -4.36. The van der Waals surface area contributed by atoms with Gasteiger partial charge in [-0.15, -0.1) is 11.3 Å². The number of alkyl halides is 3. The van der Waals surface area contributed by atoms with Gasteiger partial charge in [-0.3, -0.25) is 4.79 Å². The molecule has 2 aromatic carbocycles. The maximum Gasteiger partial charge on any atom is 0.417 e. The molecule has 0 unspecified atom stereocenters. The predicted octanol–water partition coefficient (Wildman–Crippen LogP) is 3.98. The molecule has 0 aliphatic carbocycles. The number of benzene rings is 2. The molecule has 1 aromatic heterocycles. The fourth-order valence-electron chi connectivity index (χ4n) is 3.44. The van der Waals surface area contributed by atoms with E-state index in [2.05, 4.69) is 4.98 Å². The number of aromatic nitrogens is 1. The van der Waals surface area contributed by atoms with Crippen molar-refractivity contribution in [3.8, 4) is 10.6 Å². The summed E-state index contributed by atoms with van der Waals surface area (Å²) < 4.78 is 66.6. The Morgan fingerprint density at radius 3 is 2.22 bits per heavy atom. The maximum absolute atomic E-state index is 13.3. The van der Waals surface area contributed by atoms with Gasteiger partial charge in [-0.1, -0.05) is 42.5 Å². The van der Waals surface area contributed by atoms with Crippen LogP contribution in [0.15, 0.2) is 64.9 Å². The van der Waals surface area contributed by atoms with Crippen LogP contribution in [0.25, 0.3) is 10.6 Å². The third-order valence-electron chi connectivity index (χ3n) is 5.08. The van der Waals surface area contributed by atoms with Crippen molar-refractivity contribution in [2.45, 2.75) is 11.1 Å². The highest BCUT2D eigenvalue weighted by atomic mass is 32.2. The van der Waals surface area contributed by atoms with Crippen LogP contribution in [0.2, 0.25) is 0 Å². The number of hydrogen-bond acceptors (Lipinski definition) is 5. The first-order valence-corrected chi connectivity index (χ1v) is 12.0. The summed E-state index contributed by atoms with van der Waals surface area (Å²) in [6.07, 6.45) is -4.79. The molecule has 1 aliphatic rings. The van der Waals surface area contributed by atoms with E-state index < -0.39 is 26.7 Å². The Kier molecular flexibility index (Phi) is 6.06. The SMILES string of the molecule is O=C(c1csc(-c2ccccc2)n1)N1CCN(S(=O)(=O)c2ccccc2C(F)(F)F)CC1. The molecule has 1 amide bonds. The molecule has 0 saturated carbocycles. The van der Waals surface area contributed by atoms with Crippen molar-refractivity contribution in [2.24, 2.45) is 0 Å². The largest absolute Gasteiger partial charge is 0.417 e. The lowest BCUT2D eigenvalue weighted by Crippen LogP contribution is -2.50. The minimum absolute atomic E-state index is 0.0600. The van der Waals surface area contributed by atoms with E-state index in [1.165, 1.54) is 22.3 Å². The lowest BCUT2D eigenvalue weighted by molar-refractivity contribution is -0.139. The molecule has 0 atom stereocenters. The number of carbonyl (C=O) groups is 1. The molecule has 0 spiro atoms. The van der Waals surface area contributed by atoms with Crippen LogP contribution in [0.5, 0.6) is 0 Å². The van der Waals surface area contributed by atoms with Crippen molar-refractivity contribution < 1.29 is 26.4 Å². The minimum Gasteiger partial charge on any atom is -0.335 e. The number of nitrogens with zero attached hydrogens (tertiary/aromatic N) is 3. The zero-order valence-corrected chi connectivity index (χ0v) is 18.3. The quantitative estimate of drug-likeness (QED) is 0.565. The van der Waals surface area contributed by atoms with E-state index in [0.29, 0.717) is 5.01 Å². The fraction of sp³-hybridized carbons (Fsp3) is 0.238. The van der Waals surface area contributed by atoms with Gasteiger partial charge in [-0.05, 0) is 12.1 Å². The molecule has 0 bridgehead atoms. The maximum atomic E-state index is 13.3. The predicted molar refractivity (Wildman–Crippen MR) is 114 cm³/mol. The number of sulfonamides is 1. The van der Waals surface area contributed by atoms with E-state index in [1.54, 1.807) is 5.38 Å². The van der Waals surface area contributed by atoms with Crippen molar-refractivity contribution in [3.63, 3.8) is 0 Å². The number of rotatable bonds is 4. The molecular weight excluding hydrogens is 463 g/mol.